The smallest absolute Gasteiger partial charge is 0.248 e. The van der Waals surface area contributed by atoms with E-state index in [0.717, 1.165) is 25.3 Å². The van der Waals surface area contributed by atoms with Gasteiger partial charge in [0.15, 0.2) is 0 Å². The van der Waals surface area contributed by atoms with Crippen LogP contribution in [0, 0.1) is 5.82 Å². The summed E-state index contributed by atoms with van der Waals surface area (Å²) >= 11 is 0. The van der Waals surface area contributed by atoms with Crippen LogP contribution in [0.4, 0.5) is 4.39 Å². The van der Waals surface area contributed by atoms with Crippen molar-refractivity contribution >= 4 is 5.91 Å². The van der Waals surface area contributed by atoms with E-state index in [1.54, 1.807) is 6.07 Å². The van der Waals surface area contributed by atoms with E-state index in [0.29, 0.717) is 11.6 Å². The molecule has 2 atom stereocenters. The quantitative estimate of drug-likeness (QED) is 0.866. The molecule has 1 aliphatic rings. The molecule has 0 spiro atoms. The van der Waals surface area contributed by atoms with Crippen molar-refractivity contribution in [3.05, 3.63) is 35.1 Å². The summed E-state index contributed by atoms with van der Waals surface area (Å²) in [4.78, 5) is 11.0. The van der Waals surface area contributed by atoms with Gasteiger partial charge in [-0.3, -0.25) is 4.79 Å². The van der Waals surface area contributed by atoms with Crippen LogP contribution < -0.4 is 11.1 Å². The number of nitrogens with two attached hydrogens (primary N) is 1. The zero-order chi connectivity index (χ0) is 14.5. The fourth-order valence-electron chi connectivity index (χ4n) is 2.64. The highest BCUT2D eigenvalue weighted by Gasteiger charge is 2.24. The average molecular weight is 280 g/mol. The van der Waals surface area contributed by atoms with Crippen molar-refractivity contribution < 1.29 is 13.9 Å². The van der Waals surface area contributed by atoms with Gasteiger partial charge in [0.25, 0.3) is 0 Å². The first-order valence-electron chi connectivity index (χ1n) is 6.99. The standard InChI is InChI=1S/C15H21FN2O2/c1-18-13-4-2-3-5-14(13)20-9-11-7-6-10(15(17)19)8-12(11)16/h6-8,13-14,18H,2-5,9H2,1H3,(H2,17,19). The molecule has 4 nitrogen and oxygen atoms in total. The van der Waals surface area contributed by atoms with Crippen molar-refractivity contribution in [1.29, 1.82) is 0 Å². The van der Waals surface area contributed by atoms with Gasteiger partial charge in [0.2, 0.25) is 5.91 Å². The van der Waals surface area contributed by atoms with Crippen LogP contribution in [-0.4, -0.2) is 25.1 Å². The van der Waals surface area contributed by atoms with E-state index in [9.17, 15) is 9.18 Å². The van der Waals surface area contributed by atoms with Crippen LogP contribution in [-0.2, 0) is 11.3 Å². The fraction of sp³-hybridized carbons (Fsp3) is 0.533. The average Bonchev–Trinajstić information content (AvgIpc) is 2.46. The van der Waals surface area contributed by atoms with Crippen molar-refractivity contribution in [3.8, 4) is 0 Å². The Morgan fingerprint density at radius 1 is 1.45 bits per heavy atom. The molecular weight excluding hydrogens is 259 g/mol. The molecule has 1 amide bonds. The highest BCUT2D eigenvalue weighted by molar-refractivity contribution is 5.92. The lowest BCUT2D eigenvalue weighted by atomic mass is 9.92. The molecule has 0 saturated heterocycles. The summed E-state index contributed by atoms with van der Waals surface area (Å²) in [5, 5.41) is 3.25. The van der Waals surface area contributed by atoms with Gasteiger partial charge in [0.05, 0.1) is 12.7 Å². The Labute approximate surface area is 118 Å². The van der Waals surface area contributed by atoms with Crippen LogP contribution >= 0.6 is 0 Å². The molecule has 1 aromatic rings. The summed E-state index contributed by atoms with van der Waals surface area (Å²) in [6.45, 7) is 0.216. The Balaban J connectivity index is 1.98. The Morgan fingerprint density at radius 3 is 2.85 bits per heavy atom. The zero-order valence-electron chi connectivity index (χ0n) is 11.7. The summed E-state index contributed by atoms with van der Waals surface area (Å²) in [6, 6.07) is 4.58. The van der Waals surface area contributed by atoms with Crippen molar-refractivity contribution in [2.75, 3.05) is 7.05 Å². The molecule has 2 rings (SSSR count). The normalized spacial score (nSPS) is 22.7. The second kappa shape index (κ2) is 6.81. The number of amides is 1. The van der Waals surface area contributed by atoms with E-state index in [2.05, 4.69) is 5.32 Å². The Kier molecular flexibility index (Phi) is 5.09. The molecule has 20 heavy (non-hydrogen) atoms. The first-order chi connectivity index (χ1) is 9.61. The minimum absolute atomic E-state index is 0.115. The largest absolute Gasteiger partial charge is 0.372 e. The molecule has 0 radical (unpaired) electrons. The molecule has 0 bridgehead atoms. The summed E-state index contributed by atoms with van der Waals surface area (Å²) in [5.74, 6) is -1.07. The molecular formula is C15H21FN2O2. The minimum atomic E-state index is -0.626. The second-order valence-corrected chi connectivity index (χ2v) is 5.20. The highest BCUT2D eigenvalue weighted by atomic mass is 19.1. The minimum Gasteiger partial charge on any atom is -0.372 e. The van der Waals surface area contributed by atoms with Gasteiger partial charge in [-0.2, -0.15) is 0 Å². The van der Waals surface area contributed by atoms with Gasteiger partial charge < -0.3 is 15.8 Å². The lowest BCUT2D eigenvalue weighted by molar-refractivity contribution is -0.00470. The third-order valence-corrected chi connectivity index (χ3v) is 3.86. The fourth-order valence-corrected chi connectivity index (χ4v) is 2.64. The molecule has 2 unspecified atom stereocenters. The predicted octanol–water partition coefficient (Wildman–Crippen LogP) is 1.97. The van der Waals surface area contributed by atoms with Crippen molar-refractivity contribution in [2.45, 2.75) is 44.4 Å². The number of hydrogen-bond donors (Lipinski definition) is 2. The number of hydrogen-bond acceptors (Lipinski definition) is 3. The van der Waals surface area contributed by atoms with Gasteiger partial charge in [-0.1, -0.05) is 18.9 Å². The SMILES string of the molecule is CNC1CCCCC1OCc1ccc(C(N)=O)cc1F. The van der Waals surface area contributed by atoms with Gasteiger partial charge in [-0.15, -0.1) is 0 Å². The lowest BCUT2D eigenvalue weighted by Crippen LogP contribution is -2.41. The number of carbonyl (C=O) groups excluding carboxylic acids is 1. The number of rotatable bonds is 5. The maximum Gasteiger partial charge on any atom is 0.248 e. The number of halogens is 1. The molecule has 0 heterocycles. The van der Waals surface area contributed by atoms with E-state index in [1.807, 2.05) is 7.05 Å². The zero-order valence-corrected chi connectivity index (χ0v) is 11.7. The molecule has 0 aromatic heterocycles. The number of likely N-dealkylation sites (N-methyl/N-ethyl adjacent to an activating group) is 1. The third kappa shape index (κ3) is 3.55. The van der Waals surface area contributed by atoms with Crippen LogP contribution in [0.3, 0.4) is 0 Å². The molecule has 1 fully saturated rings. The highest BCUT2D eigenvalue weighted by Crippen LogP contribution is 2.22. The first-order valence-corrected chi connectivity index (χ1v) is 6.99. The van der Waals surface area contributed by atoms with Crippen LogP contribution in [0.1, 0.15) is 41.6 Å². The lowest BCUT2D eigenvalue weighted by Gasteiger charge is -2.31. The number of primary amides is 1. The maximum absolute atomic E-state index is 13.8. The van der Waals surface area contributed by atoms with Crippen LogP contribution in [0.15, 0.2) is 18.2 Å². The topological polar surface area (TPSA) is 64.3 Å². The van der Waals surface area contributed by atoms with E-state index in [-0.39, 0.29) is 18.3 Å². The summed E-state index contributed by atoms with van der Waals surface area (Å²) in [6.07, 6.45) is 4.54. The summed E-state index contributed by atoms with van der Waals surface area (Å²) in [7, 11) is 1.93. The Morgan fingerprint density at radius 2 is 2.20 bits per heavy atom. The molecule has 1 saturated carbocycles. The van der Waals surface area contributed by atoms with E-state index in [1.165, 1.54) is 12.5 Å². The van der Waals surface area contributed by atoms with Crippen molar-refractivity contribution in [2.24, 2.45) is 5.73 Å². The Bertz CT molecular complexity index is 479. The third-order valence-electron chi connectivity index (χ3n) is 3.86. The summed E-state index contributed by atoms with van der Waals surface area (Å²) < 4.78 is 19.7. The van der Waals surface area contributed by atoms with Gasteiger partial charge in [0, 0.05) is 17.2 Å². The molecule has 110 valence electrons. The van der Waals surface area contributed by atoms with E-state index < -0.39 is 11.7 Å². The van der Waals surface area contributed by atoms with E-state index in [4.69, 9.17) is 10.5 Å². The second-order valence-electron chi connectivity index (χ2n) is 5.20. The number of ether oxygens (including phenoxy) is 1. The predicted molar refractivity (Wildman–Crippen MR) is 74.8 cm³/mol. The number of nitrogens with one attached hydrogen (secondary N) is 1. The van der Waals surface area contributed by atoms with Crippen LogP contribution in [0.25, 0.3) is 0 Å². The summed E-state index contributed by atoms with van der Waals surface area (Å²) in [5.41, 5.74) is 5.75. The molecule has 0 aliphatic heterocycles. The van der Waals surface area contributed by atoms with Crippen LogP contribution in [0.5, 0.6) is 0 Å². The first kappa shape index (κ1) is 14.9. The van der Waals surface area contributed by atoms with Gasteiger partial charge >= 0.3 is 0 Å². The molecule has 5 heteroatoms. The van der Waals surface area contributed by atoms with Gasteiger partial charge in [-0.05, 0) is 32.0 Å². The van der Waals surface area contributed by atoms with Gasteiger partial charge in [0.1, 0.15) is 5.82 Å². The van der Waals surface area contributed by atoms with Crippen molar-refractivity contribution in [3.63, 3.8) is 0 Å². The Hall–Kier alpha value is -1.46. The molecule has 1 aromatic carbocycles. The maximum atomic E-state index is 13.8. The molecule has 1 aliphatic carbocycles. The number of benzene rings is 1. The van der Waals surface area contributed by atoms with Crippen LogP contribution in [0.2, 0.25) is 0 Å². The monoisotopic (exact) mass is 280 g/mol. The van der Waals surface area contributed by atoms with E-state index >= 15 is 0 Å². The number of carbonyl (C=O) groups is 1. The van der Waals surface area contributed by atoms with Gasteiger partial charge in [-0.25, -0.2) is 4.39 Å². The van der Waals surface area contributed by atoms with Crippen molar-refractivity contribution in [1.82, 2.24) is 5.32 Å². The molecule has 3 N–H and O–H groups in total.